The highest BCUT2D eigenvalue weighted by Gasteiger charge is 2.33. The van der Waals surface area contributed by atoms with Crippen molar-refractivity contribution in [3.05, 3.63) is 103 Å². The van der Waals surface area contributed by atoms with Crippen molar-refractivity contribution in [1.82, 2.24) is 0 Å². The van der Waals surface area contributed by atoms with Gasteiger partial charge in [-0.2, -0.15) is 0 Å². The number of benzene rings is 3. The van der Waals surface area contributed by atoms with Gasteiger partial charge in [-0.1, -0.05) is 42.2 Å². The highest BCUT2D eigenvalue weighted by atomic mass is 32.2. The first kappa shape index (κ1) is 23.0. The molecule has 0 radical (unpaired) electrons. The van der Waals surface area contributed by atoms with E-state index in [1.807, 2.05) is 0 Å². The minimum atomic E-state index is -0.774. The summed E-state index contributed by atoms with van der Waals surface area (Å²) < 4.78 is 19.4. The van der Waals surface area contributed by atoms with Gasteiger partial charge in [0.2, 0.25) is 5.75 Å². The summed E-state index contributed by atoms with van der Waals surface area (Å²) in [5.74, 6) is -0.880. The maximum absolute atomic E-state index is 13.6. The van der Waals surface area contributed by atoms with Crippen LogP contribution < -0.4 is 9.64 Å². The lowest BCUT2D eigenvalue weighted by molar-refractivity contribution is -0.394. The van der Waals surface area contributed by atoms with Crippen LogP contribution in [0.4, 0.5) is 21.5 Å². The van der Waals surface area contributed by atoms with Crippen LogP contribution in [0.5, 0.6) is 11.5 Å². The lowest BCUT2D eigenvalue weighted by atomic mass is 10.2. The number of non-ortho nitro benzene ring substituents is 1. The van der Waals surface area contributed by atoms with Crippen molar-refractivity contribution in [1.29, 1.82) is 0 Å². The molecule has 0 spiro atoms. The van der Waals surface area contributed by atoms with E-state index >= 15 is 0 Å². The Hall–Kier alpha value is -4.16. The number of halogens is 1. The summed E-state index contributed by atoms with van der Waals surface area (Å²) >= 11 is 6.33. The highest BCUT2D eigenvalue weighted by Crippen LogP contribution is 2.37. The number of hydrogen-bond donors (Lipinski definition) is 0. The number of carbonyl (C=O) groups excluding carboxylic acids is 1. The van der Waals surface area contributed by atoms with E-state index in [-0.39, 0.29) is 15.8 Å². The average Bonchev–Trinajstić information content (AvgIpc) is 3.06. The summed E-state index contributed by atoms with van der Waals surface area (Å²) in [6.45, 7) is 0. The molecule has 0 bridgehead atoms. The van der Waals surface area contributed by atoms with E-state index in [1.54, 1.807) is 36.4 Å². The number of nitro groups is 2. The Morgan fingerprint density at radius 2 is 1.76 bits per heavy atom. The van der Waals surface area contributed by atoms with Gasteiger partial charge in [-0.25, -0.2) is 4.39 Å². The molecule has 9 nitrogen and oxygen atoms in total. The number of hydrogen-bond acceptors (Lipinski definition) is 8. The molecular formula is C22H12FN3O6S2. The lowest BCUT2D eigenvalue weighted by Crippen LogP contribution is -2.27. The Morgan fingerprint density at radius 3 is 2.47 bits per heavy atom. The molecule has 0 N–H and O–H groups in total. The molecule has 3 aromatic rings. The first-order valence-electron chi connectivity index (χ1n) is 9.47. The largest absolute Gasteiger partial charge is 0.450 e. The second kappa shape index (κ2) is 9.37. The molecule has 0 aromatic heterocycles. The van der Waals surface area contributed by atoms with E-state index in [1.165, 1.54) is 23.1 Å². The second-order valence-corrected chi connectivity index (χ2v) is 8.51. The van der Waals surface area contributed by atoms with Gasteiger partial charge in [-0.15, -0.1) is 0 Å². The number of ether oxygens (including phenoxy) is 1. The Bertz CT molecular complexity index is 1390. The van der Waals surface area contributed by atoms with Crippen LogP contribution in [0.15, 0.2) is 71.6 Å². The molecule has 0 atom stereocenters. The van der Waals surface area contributed by atoms with Crippen LogP contribution in [-0.2, 0) is 4.79 Å². The average molecular weight is 497 g/mol. The zero-order valence-electron chi connectivity index (χ0n) is 16.9. The van der Waals surface area contributed by atoms with E-state index in [0.717, 1.165) is 30.0 Å². The van der Waals surface area contributed by atoms with Crippen molar-refractivity contribution < 1.29 is 23.8 Å². The highest BCUT2D eigenvalue weighted by molar-refractivity contribution is 8.27. The summed E-state index contributed by atoms with van der Waals surface area (Å²) in [5.41, 5.74) is -0.140. The number of thioether (sulfide) groups is 1. The minimum absolute atomic E-state index is 0.176. The van der Waals surface area contributed by atoms with Crippen molar-refractivity contribution >= 4 is 57.3 Å². The van der Waals surface area contributed by atoms with Gasteiger partial charge in [0.05, 0.1) is 26.5 Å². The number of anilines is 1. The molecule has 1 aliphatic rings. The van der Waals surface area contributed by atoms with Crippen molar-refractivity contribution in [2.45, 2.75) is 0 Å². The number of thiocarbonyl (C=S) groups is 1. The summed E-state index contributed by atoms with van der Waals surface area (Å²) in [5, 5.41) is 22.2. The molecule has 1 amide bonds. The van der Waals surface area contributed by atoms with Crippen molar-refractivity contribution in [3.8, 4) is 11.5 Å². The number of carbonyl (C=O) groups is 1. The van der Waals surface area contributed by atoms with Crippen LogP contribution in [0.25, 0.3) is 6.08 Å². The lowest BCUT2D eigenvalue weighted by Gasteiger charge is -2.14. The number of rotatable bonds is 6. The van der Waals surface area contributed by atoms with E-state index in [4.69, 9.17) is 17.0 Å². The Balaban J connectivity index is 1.60. The molecule has 1 aliphatic heterocycles. The fourth-order valence-electron chi connectivity index (χ4n) is 3.10. The summed E-state index contributed by atoms with van der Waals surface area (Å²) in [4.78, 5) is 35.1. The zero-order chi connectivity index (χ0) is 24.4. The van der Waals surface area contributed by atoms with E-state index in [2.05, 4.69) is 0 Å². The van der Waals surface area contributed by atoms with Gasteiger partial charge < -0.3 is 4.74 Å². The van der Waals surface area contributed by atoms with Gasteiger partial charge in [0.25, 0.3) is 11.6 Å². The zero-order valence-corrected chi connectivity index (χ0v) is 18.5. The number of amides is 1. The third-order valence-corrected chi connectivity index (χ3v) is 5.90. The smallest absolute Gasteiger partial charge is 0.318 e. The van der Waals surface area contributed by atoms with Crippen LogP contribution in [0.2, 0.25) is 0 Å². The third-order valence-electron chi connectivity index (χ3n) is 4.59. The van der Waals surface area contributed by atoms with Crippen molar-refractivity contribution in [2.24, 2.45) is 0 Å². The third kappa shape index (κ3) is 4.77. The fraction of sp³-hybridized carbons (Fsp3) is 0. The second-order valence-electron chi connectivity index (χ2n) is 6.84. The van der Waals surface area contributed by atoms with E-state index in [0.29, 0.717) is 16.2 Å². The maximum atomic E-state index is 13.6. The summed E-state index contributed by atoms with van der Waals surface area (Å²) in [6.07, 6.45) is 1.57. The first-order valence-corrected chi connectivity index (χ1v) is 10.7. The molecule has 0 unspecified atom stereocenters. The number of nitro benzene ring substituents is 2. The standard InChI is InChI=1S/C22H12FN3O6S2/c23-14-4-2-5-15(11-14)24-21(27)20(34-22(24)33)10-13-3-1-6-17(9-13)32-19-8-7-16(25(28)29)12-18(19)26(30)31/h1-12H/b20-10-. The normalized spacial score (nSPS) is 14.5. The molecule has 0 saturated carbocycles. The van der Waals surface area contributed by atoms with Gasteiger partial charge in [0.15, 0.2) is 4.32 Å². The Kier molecular flexibility index (Phi) is 6.34. The quantitative estimate of drug-likeness (QED) is 0.180. The number of nitrogens with zero attached hydrogens (tertiary/aromatic N) is 3. The van der Waals surface area contributed by atoms with Crippen LogP contribution in [0, 0.1) is 26.0 Å². The SMILES string of the molecule is O=C1/C(=C/c2cccc(Oc3ccc([N+](=O)[O-])cc3[N+](=O)[O-])c2)SC(=S)N1c1cccc(F)c1. The van der Waals surface area contributed by atoms with Gasteiger partial charge in [0.1, 0.15) is 11.6 Å². The molecule has 1 saturated heterocycles. The summed E-state index contributed by atoms with van der Waals surface area (Å²) in [7, 11) is 0. The molecule has 3 aromatic carbocycles. The van der Waals surface area contributed by atoms with Crippen molar-refractivity contribution in [3.63, 3.8) is 0 Å². The van der Waals surface area contributed by atoms with E-state index < -0.39 is 32.9 Å². The van der Waals surface area contributed by atoms with Crippen LogP contribution in [0.1, 0.15) is 5.56 Å². The molecule has 0 aliphatic carbocycles. The molecule has 170 valence electrons. The van der Waals surface area contributed by atoms with Gasteiger partial charge >= 0.3 is 5.69 Å². The maximum Gasteiger partial charge on any atom is 0.318 e. The van der Waals surface area contributed by atoms with E-state index in [9.17, 15) is 29.4 Å². The summed E-state index contributed by atoms with van der Waals surface area (Å²) in [6, 6.07) is 15.0. The molecule has 12 heteroatoms. The molecule has 1 fully saturated rings. The predicted octanol–water partition coefficient (Wildman–Crippen LogP) is 5.84. The predicted molar refractivity (Wildman–Crippen MR) is 128 cm³/mol. The molecule has 1 heterocycles. The van der Waals surface area contributed by atoms with Crippen LogP contribution in [0.3, 0.4) is 0 Å². The fourth-order valence-corrected chi connectivity index (χ4v) is 4.40. The van der Waals surface area contributed by atoms with Gasteiger partial charge in [0, 0.05) is 6.07 Å². The van der Waals surface area contributed by atoms with Gasteiger partial charge in [-0.05, 0) is 48.0 Å². The van der Waals surface area contributed by atoms with Crippen molar-refractivity contribution in [2.75, 3.05) is 4.90 Å². The molecular weight excluding hydrogens is 485 g/mol. The first-order chi connectivity index (χ1) is 16.2. The topological polar surface area (TPSA) is 116 Å². The van der Waals surface area contributed by atoms with Crippen LogP contribution >= 0.6 is 24.0 Å². The van der Waals surface area contributed by atoms with Crippen LogP contribution in [-0.4, -0.2) is 20.1 Å². The Labute approximate surface area is 200 Å². The monoisotopic (exact) mass is 497 g/mol. The van der Waals surface area contributed by atoms with Gasteiger partial charge in [-0.3, -0.25) is 29.9 Å². The Morgan fingerprint density at radius 1 is 1.00 bits per heavy atom. The minimum Gasteiger partial charge on any atom is -0.450 e. The molecule has 4 rings (SSSR count). The molecule has 34 heavy (non-hydrogen) atoms.